The minimum Gasteiger partial charge on any atom is -0.494 e. The second-order valence-electron chi connectivity index (χ2n) is 6.17. The maximum Gasteiger partial charge on any atom is 0.335 e. The van der Waals surface area contributed by atoms with E-state index in [0.717, 1.165) is 0 Å². The van der Waals surface area contributed by atoms with Crippen molar-refractivity contribution < 1.29 is 23.8 Å². The van der Waals surface area contributed by atoms with Crippen LogP contribution in [-0.2, 0) is 4.79 Å². The van der Waals surface area contributed by atoms with E-state index in [4.69, 9.17) is 14.3 Å². The van der Waals surface area contributed by atoms with Crippen LogP contribution in [-0.4, -0.2) is 23.6 Å². The van der Waals surface area contributed by atoms with E-state index in [0.29, 0.717) is 35.1 Å². The smallest absolute Gasteiger partial charge is 0.335 e. The van der Waals surface area contributed by atoms with Gasteiger partial charge in [-0.05, 0) is 55.5 Å². The SMILES string of the molecule is CCOc1ccc(NC(=O)/C(C#N)=C/c2ccc(-c3ccc(C(=O)O)cc3)o2)cc1. The molecule has 0 aliphatic carbocycles. The number of furan rings is 1. The average molecular weight is 402 g/mol. The Morgan fingerprint density at radius 3 is 2.40 bits per heavy atom. The molecule has 0 aliphatic heterocycles. The maximum atomic E-state index is 12.4. The molecule has 30 heavy (non-hydrogen) atoms. The Morgan fingerprint density at radius 2 is 1.80 bits per heavy atom. The number of nitrogens with one attached hydrogen (secondary N) is 1. The molecule has 1 aromatic heterocycles. The third-order valence-electron chi connectivity index (χ3n) is 4.12. The molecule has 0 spiro atoms. The molecule has 0 atom stereocenters. The molecule has 0 saturated heterocycles. The Bertz CT molecular complexity index is 1120. The second-order valence-corrected chi connectivity index (χ2v) is 6.17. The zero-order valence-corrected chi connectivity index (χ0v) is 16.1. The molecular weight excluding hydrogens is 384 g/mol. The van der Waals surface area contributed by atoms with E-state index < -0.39 is 11.9 Å². The van der Waals surface area contributed by atoms with Crippen LogP contribution in [0, 0.1) is 11.3 Å². The summed E-state index contributed by atoms with van der Waals surface area (Å²) in [7, 11) is 0. The van der Waals surface area contributed by atoms with Crippen LogP contribution >= 0.6 is 0 Å². The Balaban J connectivity index is 1.73. The van der Waals surface area contributed by atoms with Crippen LogP contribution in [0.4, 0.5) is 5.69 Å². The molecule has 0 saturated carbocycles. The molecular formula is C23H18N2O5. The lowest BCUT2D eigenvalue weighted by molar-refractivity contribution is -0.112. The van der Waals surface area contributed by atoms with Gasteiger partial charge in [0.1, 0.15) is 28.9 Å². The summed E-state index contributed by atoms with van der Waals surface area (Å²) in [6, 6.07) is 18.2. The molecule has 0 aliphatic rings. The Hall–Kier alpha value is -4.31. The summed E-state index contributed by atoms with van der Waals surface area (Å²) in [5.74, 6) is -0.0774. The van der Waals surface area contributed by atoms with Gasteiger partial charge in [0.05, 0.1) is 12.2 Å². The highest BCUT2D eigenvalue weighted by atomic mass is 16.5. The highest BCUT2D eigenvalue weighted by Gasteiger charge is 2.12. The minimum absolute atomic E-state index is 0.119. The first-order valence-corrected chi connectivity index (χ1v) is 9.09. The van der Waals surface area contributed by atoms with E-state index in [9.17, 15) is 14.9 Å². The lowest BCUT2D eigenvalue weighted by Gasteiger charge is -2.06. The van der Waals surface area contributed by atoms with Crippen molar-refractivity contribution in [3.05, 3.63) is 77.6 Å². The van der Waals surface area contributed by atoms with Crippen molar-refractivity contribution in [3.63, 3.8) is 0 Å². The monoisotopic (exact) mass is 402 g/mol. The molecule has 0 unspecified atom stereocenters. The van der Waals surface area contributed by atoms with E-state index in [1.165, 1.54) is 18.2 Å². The molecule has 7 heteroatoms. The number of amides is 1. The van der Waals surface area contributed by atoms with Gasteiger partial charge in [-0.3, -0.25) is 4.79 Å². The van der Waals surface area contributed by atoms with Gasteiger partial charge in [0.25, 0.3) is 5.91 Å². The number of carbonyl (C=O) groups excluding carboxylic acids is 1. The zero-order chi connectivity index (χ0) is 21.5. The third kappa shape index (κ3) is 4.94. The third-order valence-corrected chi connectivity index (χ3v) is 4.12. The number of anilines is 1. The summed E-state index contributed by atoms with van der Waals surface area (Å²) in [6.07, 6.45) is 1.35. The fourth-order valence-electron chi connectivity index (χ4n) is 2.65. The normalized spacial score (nSPS) is 10.9. The molecule has 7 nitrogen and oxygen atoms in total. The molecule has 0 radical (unpaired) electrons. The minimum atomic E-state index is -1.01. The first-order valence-electron chi connectivity index (χ1n) is 9.09. The van der Waals surface area contributed by atoms with Crippen molar-refractivity contribution in [2.24, 2.45) is 0 Å². The van der Waals surface area contributed by atoms with Crippen molar-refractivity contribution in [1.82, 2.24) is 0 Å². The van der Waals surface area contributed by atoms with E-state index in [1.54, 1.807) is 48.5 Å². The van der Waals surface area contributed by atoms with Crippen molar-refractivity contribution in [1.29, 1.82) is 5.26 Å². The molecule has 1 amide bonds. The van der Waals surface area contributed by atoms with Gasteiger partial charge in [-0.1, -0.05) is 12.1 Å². The van der Waals surface area contributed by atoms with E-state index in [-0.39, 0.29) is 11.1 Å². The lowest BCUT2D eigenvalue weighted by atomic mass is 10.1. The molecule has 2 aromatic carbocycles. The van der Waals surface area contributed by atoms with Gasteiger partial charge < -0.3 is 19.6 Å². The van der Waals surface area contributed by atoms with E-state index in [1.807, 2.05) is 13.0 Å². The highest BCUT2D eigenvalue weighted by Crippen LogP contribution is 2.24. The van der Waals surface area contributed by atoms with Gasteiger partial charge >= 0.3 is 5.97 Å². The predicted molar refractivity (Wildman–Crippen MR) is 111 cm³/mol. The molecule has 0 bridgehead atoms. The van der Waals surface area contributed by atoms with Crippen molar-refractivity contribution >= 4 is 23.6 Å². The summed E-state index contributed by atoms with van der Waals surface area (Å²) < 4.78 is 11.0. The molecule has 3 aromatic rings. The van der Waals surface area contributed by atoms with Crippen LogP contribution in [0.25, 0.3) is 17.4 Å². The van der Waals surface area contributed by atoms with E-state index in [2.05, 4.69) is 5.32 Å². The predicted octanol–water partition coefficient (Wildman–Crippen LogP) is 4.59. The fraction of sp³-hybridized carbons (Fsp3) is 0.0870. The fourth-order valence-corrected chi connectivity index (χ4v) is 2.65. The summed E-state index contributed by atoms with van der Waals surface area (Å²) in [5, 5.41) is 21.0. The summed E-state index contributed by atoms with van der Waals surface area (Å²) >= 11 is 0. The Morgan fingerprint density at radius 1 is 1.10 bits per heavy atom. The number of benzene rings is 2. The topological polar surface area (TPSA) is 113 Å². The Labute approximate surface area is 172 Å². The molecule has 2 N–H and O–H groups in total. The van der Waals surface area contributed by atoms with Crippen LogP contribution in [0.1, 0.15) is 23.0 Å². The van der Waals surface area contributed by atoms with Crippen LogP contribution in [0.2, 0.25) is 0 Å². The van der Waals surface area contributed by atoms with Gasteiger partial charge in [-0.2, -0.15) is 5.26 Å². The van der Waals surface area contributed by atoms with Gasteiger partial charge in [-0.25, -0.2) is 4.79 Å². The van der Waals surface area contributed by atoms with E-state index >= 15 is 0 Å². The maximum absolute atomic E-state index is 12.4. The van der Waals surface area contributed by atoms with Crippen LogP contribution in [0.3, 0.4) is 0 Å². The van der Waals surface area contributed by atoms with Crippen molar-refractivity contribution in [2.75, 3.05) is 11.9 Å². The van der Waals surface area contributed by atoms with Crippen molar-refractivity contribution in [3.8, 4) is 23.1 Å². The molecule has 150 valence electrons. The standard InChI is InChI=1S/C23H18N2O5/c1-2-29-19-9-7-18(8-10-19)25-22(26)17(14-24)13-20-11-12-21(30-20)15-3-5-16(6-4-15)23(27)28/h3-13H,2H2,1H3,(H,25,26)(H,27,28)/b17-13+. The number of hydrogen-bond acceptors (Lipinski definition) is 5. The quantitative estimate of drug-likeness (QED) is 0.441. The number of ether oxygens (including phenoxy) is 1. The lowest BCUT2D eigenvalue weighted by Crippen LogP contribution is -2.13. The number of aromatic carboxylic acids is 1. The van der Waals surface area contributed by atoms with Gasteiger partial charge in [0, 0.05) is 17.3 Å². The van der Waals surface area contributed by atoms with Gasteiger partial charge in [0.2, 0.25) is 0 Å². The first kappa shape index (κ1) is 20.4. The first-order chi connectivity index (χ1) is 14.5. The zero-order valence-electron chi connectivity index (χ0n) is 16.1. The number of rotatable bonds is 7. The summed E-state index contributed by atoms with van der Waals surface area (Å²) in [5.41, 5.74) is 1.26. The number of carboxylic acid groups (broad SMARTS) is 1. The summed E-state index contributed by atoms with van der Waals surface area (Å²) in [4.78, 5) is 23.3. The number of nitriles is 1. The molecule has 3 rings (SSSR count). The second kappa shape index (κ2) is 9.26. The van der Waals surface area contributed by atoms with Crippen LogP contribution in [0.5, 0.6) is 5.75 Å². The number of carboxylic acids is 1. The number of hydrogen-bond donors (Lipinski definition) is 2. The van der Waals surface area contributed by atoms with Crippen LogP contribution in [0.15, 0.2) is 70.7 Å². The molecule has 0 fully saturated rings. The van der Waals surface area contributed by atoms with Gasteiger partial charge in [-0.15, -0.1) is 0 Å². The number of nitrogens with zero attached hydrogens (tertiary/aromatic N) is 1. The largest absolute Gasteiger partial charge is 0.494 e. The van der Waals surface area contributed by atoms with Crippen LogP contribution < -0.4 is 10.1 Å². The van der Waals surface area contributed by atoms with Gasteiger partial charge in [0.15, 0.2) is 0 Å². The Kier molecular flexibility index (Phi) is 6.30. The highest BCUT2D eigenvalue weighted by molar-refractivity contribution is 6.09. The summed E-state index contributed by atoms with van der Waals surface area (Å²) in [6.45, 7) is 2.42. The van der Waals surface area contributed by atoms with Crippen molar-refractivity contribution in [2.45, 2.75) is 6.92 Å². The average Bonchev–Trinajstić information content (AvgIpc) is 3.22. The molecule has 1 heterocycles. The number of carbonyl (C=O) groups is 2.